The van der Waals surface area contributed by atoms with E-state index in [0.717, 1.165) is 21.8 Å². The standard InChI is InChI=1S/C9H6N4/c1-2-10-3-6-4-11-9-8(7(1)6)5-12-13-9/h1-5H,(H,11,12,13). The van der Waals surface area contributed by atoms with Crippen molar-refractivity contribution < 1.29 is 0 Å². The van der Waals surface area contributed by atoms with Crippen molar-refractivity contribution >= 4 is 21.8 Å². The zero-order chi connectivity index (χ0) is 8.67. The summed E-state index contributed by atoms with van der Waals surface area (Å²) in [4.78, 5) is 8.24. The Kier molecular flexibility index (Phi) is 1.14. The molecular formula is C9H6N4. The van der Waals surface area contributed by atoms with E-state index in [0.29, 0.717) is 0 Å². The van der Waals surface area contributed by atoms with E-state index in [1.54, 1.807) is 24.8 Å². The molecule has 0 aliphatic rings. The van der Waals surface area contributed by atoms with Gasteiger partial charge in [0, 0.05) is 29.4 Å². The van der Waals surface area contributed by atoms with Gasteiger partial charge in [-0.2, -0.15) is 5.10 Å². The molecule has 4 nitrogen and oxygen atoms in total. The molecular weight excluding hydrogens is 164 g/mol. The molecule has 13 heavy (non-hydrogen) atoms. The minimum absolute atomic E-state index is 0.818. The van der Waals surface area contributed by atoms with Crippen LogP contribution in [0.25, 0.3) is 21.8 Å². The largest absolute Gasteiger partial charge is 0.264 e. The van der Waals surface area contributed by atoms with E-state index < -0.39 is 0 Å². The molecule has 0 spiro atoms. The molecule has 0 bridgehead atoms. The Bertz CT molecular complexity index is 570. The molecule has 0 atom stereocenters. The molecule has 4 heteroatoms. The number of hydrogen-bond donors (Lipinski definition) is 1. The Morgan fingerprint density at radius 1 is 1.08 bits per heavy atom. The average molecular weight is 170 g/mol. The molecule has 62 valence electrons. The lowest BCUT2D eigenvalue weighted by Gasteiger charge is -1.95. The van der Waals surface area contributed by atoms with E-state index in [1.807, 2.05) is 6.07 Å². The molecule has 0 radical (unpaired) electrons. The van der Waals surface area contributed by atoms with Crippen LogP contribution in [0.1, 0.15) is 0 Å². The van der Waals surface area contributed by atoms with Crippen molar-refractivity contribution in [2.24, 2.45) is 0 Å². The van der Waals surface area contributed by atoms with Crippen LogP contribution in [0, 0.1) is 0 Å². The van der Waals surface area contributed by atoms with Crippen LogP contribution in [-0.2, 0) is 0 Å². The van der Waals surface area contributed by atoms with Gasteiger partial charge in [0.15, 0.2) is 5.65 Å². The third kappa shape index (κ3) is 0.823. The minimum atomic E-state index is 0.818. The fourth-order valence-corrected chi connectivity index (χ4v) is 1.46. The summed E-state index contributed by atoms with van der Waals surface area (Å²) in [5.41, 5.74) is 0.818. The molecule has 0 fully saturated rings. The first kappa shape index (κ1) is 6.54. The molecule has 0 aromatic carbocycles. The van der Waals surface area contributed by atoms with Gasteiger partial charge in [-0.05, 0) is 11.5 Å². The third-order valence-electron chi connectivity index (χ3n) is 2.09. The van der Waals surface area contributed by atoms with Crippen LogP contribution >= 0.6 is 0 Å². The predicted molar refractivity (Wildman–Crippen MR) is 49.2 cm³/mol. The molecule has 0 aliphatic carbocycles. The highest BCUT2D eigenvalue weighted by Crippen LogP contribution is 2.19. The highest BCUT2D eigenvalue weighted by Gasteiger charge is 2.01. The van der Waals surface area contributed by atoms with Crippen molar-refractivity contribution in [2.75, 3.05) is 0 Å². The molecule has 0 unspecified atom stereocenters. The highest BCUT2D eigenvalue weighted by atomic mass is 15.1. The number of nitrogens with zero attached hydrogens (tertiary/aromatic N) is 3. The van der Waals surface area contributed by atoms with Crippen LogP contribution in [0.3, 0.4) is 0 Å². The summed E-state index contributed by atoms with van der Waals surface area (Å²) in [5.74, 6) is 0. The Morgan fingerprint density at radius 3 is 3.08 bits per heavy atom. The number of hydrogen-bond acceptors (Lipinski definition) is 3. The minimum Gasteiger partial charge on any atom is -0.264 e. The molecule has 1 N–H and O–H groups in total. The van der Waals surface area contributed by atoms with E-state index in [4.69, 9.17) is 0 Å². The zero-order valence-electron chi connectivity index (χ0n) is 6.73. The van der Waals surface area contributed by atoms with Crippen LogP contribution in [0.2, 0.25) is 0 Å². The summed E-state index contributed by atoms with van der Waals surface area (Å²) in [6.45, 7) is 0. The maximum absolute atomic E-state index is 4.21. The van der Waals surface area contributed by atoms with E-state index in [9.17, 15) is 0 Å². The van der Waals surface area contributed by atoms with E-state index in [2.05, 4.69) is 20.2 Å². The zero-order valence-corrected chi connectivity index (χ0v) is 6.73. The number of pyridine rings is 2. The van der Waals surface area contributed by atoms with Crippen molar-refractivity contribution in [3.05, 3.63) is 30.9 Å². The van der Waals surface area contributed by atoms with Crippen LogP contribution in [0.4, 0.5) is 0 Å². The van der Waals surface area contributed by atoms with Gasteiger partial charge in [0.25, 0.3) is 0 Å². The third-order valence-corrected chi connectivity index (χ3v) is 2.09. The summed E-state index contributed by atoms with van der Waals surface area (Å²) in [6.07, 6.45) is 7.15. The molecule has 0 aliphatic heterocycles. The molecule has 0 saturated carbocycles. The van der Waals surface area contributed by atoms with Gasteiger partial charge in [-0.3, -0.25) is 10.1 Å². The lowest BCUT2D eigenvalue weighted by Crippen LogP contribution is -1.80. The Balaban J connectivity index is 2.65. The van der Waals surface area contributed by atoms with Gasteiger partial charge in [0.05, 0.1) is 6.20 Å². The molecule has 3 heterocycles. The van der Waals surface area contributed by atoms with E-state index in [1.165, 1.54) is 0 Å². The quantitative estimate of drug-likeness (QED) is 0.556. The second-order valence-electron chi connectivity index (χ2n) is 2.85. The maximum Gasteiger partial charge on any atom is 0.155 e. The Labute approximate surface area is 73.6 Å². The van der Waals surface area contributed by atoms with Gasteiger partial charge in [0.1, 0.15) is 0 Å². The van der Waals surface area contributed by atoms with Gasteiger partial charge in [-0.1, -0.05) is 0 Å². The summed E-state index contributed by atoms with van der Waals surface area (Å²) >= 11 is 0. The molecule has 3 aromatic heterocycles. The first-order valence-corrected chi connectivity index (χ1v) is 3.97. The number of aromatic amines is 1. The predicted octanol–water partition coefficient (Wildman–Crippen LogP) is 1.51. The van der Waals surface area contributed by atoms with Gasteiger partial charge in [-0.15, -0.1) is 0 Å². The van der Waals surface area contributed by atoms with Crippen LogP contribution in [0.15, 0.2) is 30.9 Å². The number of fused-ring (bicyclic) bond motifs is 3. The molecule has 0 amide bonds. The summed E-state index contributed by atoms with van der Waals surface area (Å²) < 4.78 is 0. The summed E-state index contributed by atoms with van der Waals surface area (Å²) in [5, 5.41) is 9.99. The Morgan fingerprint density at radius 2 is 2.08 bits per heavy atom. The summed E-state index contributed by atoms with van der Waals surface area (Å²) in [6, 6.07) is 1.97. The first-order chi connectivity index (χ1) is 6.45. The SMILES string of the molecule is c1cc2c(cn1)cnc1[nH]ncc12. The molecule has 3 aromatic rings. The lowest BCUT2D eigenvalue weighted by molar-refractivity contribution is 1.10. The maximum atomic E-state index is 4.21. The van der Waals surface area contributed by atoms with Crippen molar-refractivity contribution in [2.45, 2.75) is 0 Å². The van der Waals surface area contributed by atoms with Gasteiger partial charge < -0.3 is 0 Å². The fraction of sp³-hybridized carbons (Fsp3) is 0. The van der Waals surface area contributed by atoms with Gasteiger partial charge in [0.2, 0.25) is 0 Å². The number of nitrogens with one attached hydrogen (secondary N) is 1. The second kappa shape index (κ2) is 2.26. The molecule has 3 rings (SSSR count). The van der Waals surface area contributed by atoms with Crippen LogP contribution in [-0.4, -0.2) is 20.2 Å². The highest BCUT2D eigenvalue weighted by molar-refractivity contribution is 6.03. The van der Waals surface area contributed by atoms with Crippen LogP contribution < -0.4 is 0 Å². The van der Waals surface area contributed by atoms with Crippen molar-refractivity contribution in [3.8, 4) is 0 Å². The van der Waals surface area contributed by atoms with Crippen molar-refractivity contribution in [1.29, 1.82) is 0 Å². The van der Waals surface area contributed by atoms with Gasteiger partial charge >= 0.3 is 0 Å². The van der Waals surface area contributed by atoms with Gasteiger partial charge in [-0.25, -0.2) is 4.98 Å². The average Bonchev–Trinajstić information content (AvgIpc) is 2.65. The Hall–Kier alpha value is -1.97. The monoisotopic (exact) mass is 170 g/mol. The normalized spacial score (nSPS) is 11.1. The lowest BCUT2D eigenvalue weighted by atomic mass is 10.2. The van der Waals surface area contributed by atoms with Crippen molar-refractivity contribution in [3.63, 3.8) is 0 Å². The van der Waals surface area contributed by atoms with Crippen LogP contribution in [0.5, 0.6) is 0 Å². The first-order valence-electron chi connectivity index (χ1n) is 3.97. The van der Waals surface area contributed by atoms with Crippen molar-refractivity contribution in [1.82, 2.24) is 20.2 Å². The van der Waals surface area contributed by atoms with E-state index in [-0.39, 0.29) is 0 Å². The second-order valence-corrected chi connectivity index (χ2v) is 2.85. The fourth-order valence-electron chi connectivity index (χ4n) is 1.46. The summed E-state index contributed by atoms with van der Waals surface area (Å²) in [7, 11) is 0. The smallest absolute Gasteiger partial charge is 0.155 e. The topological polar surface area (TPSA) is 54.5 Å². The number of aromatic nitrogens is 4. The number of H-pyrrole nitrogens is 1. The van der Waals surface area contributed by atoms with E-state index >= 15 is 0 Å². The molecule has 0 saturated heterocycles. The number of rotatable bonds is 0.